The van der Waals surface area contributed by atoms with Crippen LogP contribution in [0.3, 0.4) is 0 Å². The van der Waals surface area contributed by atoms with Gasteiger partial charge in [0, 0.05) is 31.2 Å². The number of ether oxygens (including phenoxy) is 1. The highest BCUT2D eigenvalue weighted by atomic mass is 35.5. The third-order valence-corrected chi connectivity index (χ3v) is 4.69. The van der Waals surface area contributed by atoms with Crippen molar-refractivity contribution in [3.05, 3.63) is 35.1 Å². The summed E-state index contributed by atoms with van der Waals surface area (Å²) in [6, 6.07) is 5.24. The van der Waals surface area contributed by atoms with Crippen LogP contribution < -0.4 is 0 Å². The van der Waals surface area contributed by atoms with E-state index in [4.69, 9.17) is 16.3 Å². The molecule has 1 atom stereocenters. The number of alkyl halides is 1. The van der Waals surface area contributed by atoms with Crippen molar-refractivity contribution in [3.8, 4) is 0 Å². The maximum Gasteiger partial charge on any atom is 0.237 e. The van der Waals surface area contributed by atoms with Crippen LogP contribution in [0.5, 0.6) is 0 Å². The molecule has 0 bridgehead atoms. The minimum atomic E-state index is -0.268. The molecule has 1 aromatic carbocycles. The summed E-state index contributed by atoms with van der Waals surface area (Å²) >= 11 is 5.72. The lowest BCUT2D eigenvalue weighted by molar-refractivity contribution is -0.130. The molecule has 1 aliphatic heterocycles. The van der Waals surface area contributed by atoms with Gasteiger partial charge in [0.1, 0.15) is 11.7 Å². The number of carbonyl (C=O) groups is 1. The predicted octanol–water partition coefficient (Wildman–Crippen LogP) is 3.52. The van der Waals surface area contributed by atoms with Crippen molar-refractivity contribution in [2.45, 2.75) is 39.3 Å². The fourth-order valence-electron chi connectivity index (χ4n) is 2.88. The maximum atomic E-state index is 14.2. The Morgan fingerprint density at radius 3 is 2.82 bits per heavy atom. The van der Waals surface area contributed by atoms with Crippen molar-refractivity contribution in [2.75, 3.05) is 19.0 Å². The summed E-state index contributed by atoms with van der Waals surface area (Å²) in [6.45, 7) is 7.25. The molecule has 0 aliphatic carbocycles. The summed E-state index contributed by atoms with van der Waals surface area (Å²) in [5.74, 6) is -0.295. The van der Waals surface area contributed by atoms with Crippen molar-refractivity contribution in [3.63, 3.8) is 0 Å². The van der Waals surface area contributed by atoms with Gasteiger partial charge in [-0.1, -0.05) is 18.2 Å². The van der Waals surface area contributed by atoms with Crippen LogP contribution in [0.25, 0.3) is 0 Å². The maximum absolute atomic E-state index is 14.2. The van der Waals surface area contributed by atoms with Gasteiger partial charge < -0.3 is 9.64 Å². The molecule has 1 fully saturated rings. The molecule has 1 unspecified atom stereocenters. The first kappa shape index (κ1) is 17.2. The molecule has 5 heteroatoms. The lowest BCUT2D eigenvalue weighted by Gasteiger charge is -2.31. The molecule has 1 aliphatic rings. The number of rotatable bonds is 5. The van der Waals surface area contributed by atoms with E-state index in [9.17, 15) is 9.18 Å². The quantitative estimate of drug-likeness (QED) is 0.774. The van der Waals surface area contributed by atoms with Gasteiger partial charge in [0.2, 0.25) is 5.91 Å². The van der Waals surface area contributed by atoms with Crippen LogP contribution in [-0.2, 0) is 16.1 Å². The Hall–Kier alpha value is -1.13. The Balaban J connectivity index is 2.16. The van der Waals surface area contributed by atoms with E-state index in [0.717, 1.165) is 6.42 Å². The molecule has 3 nitrogen and oxygen atoms in total. The first-order valence-electron chi connectivity index (χ1n) is 7.57. The van der Waals surface area contributed by atoms with E-state index < -0.39 is 0 Å². The van der Waals surface area contributed by atoms with Crippen LogP contribution in [0.4, 0.5) is 4.39 Å². The monoisotopic (exact) mass is 327 g/mol. The van der Waals surface area contributed by atoms with Gasteiger partial charge in [-0.2, -0.15) is 0 Å². The van der Waals surface area contributed by atoms with Crippen LogP contribution in [0.15, 0.2) is 18.2 Å². The third kappa shape index (κ3) is 3.79. The van der Waals surface area contributed by atoms with Gasteiger partial charge >= 0.3 is 0 Å². The average molecular weight is 328 g/mol. The zero-order valence-electron chi connectivity index (χ0n) is 13.4. The topological polar surface area (TPSA) is 29.5 Å². The SMILES string of the molecule is Cc1cccc(CN(CC2CCOC2(C)C)C(=O)CCl)c1F. The minimum Gasteiger partial charge on any atom is -0.375 e. The molecule has 1 aromatic rings. The van der Waals surface area contributed by atoms with Crippen LogP contribution in [0.1, 0.15) is 31.4 Å². The number of benzene rings is 1. The zero-order chi connectivity index (χ0) is 16.3. The highest BCUT2D eigenvalue weighted by molar-refractivity contribution is 6.27. The van der Waals surface area contributed by atoms with Gasteiger partial charge in [0.05, 0.1) is 5.60 Å². The van der Waals surface area contributed by atoms with E-state index in [0.29, 0.717) is 24.3 Å². The second kappa shape index (κ2) is 6.97. The number of halogens is 2. The summed E-state index contributed by atoms with van der Waals surface area (Å²) in [6.07, 6.45) is 0.898. The number of carbonyl (C=O) groups excluding carboxylic acids is 1. The van der Waals surface area contributed by atoms with Crippen molar-refractivity contribution < 1.29 is 13.9 Å². The lowest BCUT2D eigenvalue weighted by Crippen LogP contribution is -2.41. The summed E-state index contributed by atoms with van der Waals surface area (Å²) in [5, 5.41) is 0. The standard InChI is InChI=1S/C17H23ClFNO2/c1-12-5-4-6-13(16(12)19)10-20(15(21)9-18)11-14-7-8-22-17(14,2)3/h4-6,14H,7-11H2,1-3H3. The molecule has 0 spiro atoms. The predicted molar refractivity (Wildman–Crippen MR) is 85.4 cm³/mol. The second-order valence-electron chi connectivity index (χ2n) is 6.39. The van der Waals surface area contributed by atoms with Gasteiger partial charge in [0.15, 0.2) is 0 Å². The van der Waals surface area contributed by atoms with E-state index in [-0.39, 0.29) is 35.7 Å². The first-order valence-corrected chi connectivity index (χ1v) is 8.10. The van der Waals surface area contributed by atoms with Crippen LogP contribution in [-0.4, -0.2) is 35.4 Å². The Kier molecular flexibility index (Phi) is 5.45. The van der Waals surface area contributed by atoms with Crippen LogP contribution >= 0.6 is 11.6 Å². The molecular formula is C17H23ClFNO2. The summed E-state index contributed by atoms with van der Waals surface area (Å²) < 4.78 is 19.9. The molecule has 0 saturated carbocycles. The normalized spacial score (nSPS) is 20.1. The van der Waals surface area contributed by atoms with E-state index in [1.165, 1.54) is 0 Å². The zero-order valence-corrected chi connectivity index (χ0v) is 14.1. The Morgan fingerprint density at radius 2 is 2.23 bits per heavy atom. The van der Waals surface area contributed by atoms with Crippen molar-refractivity contribution in [1.29, 1.82) is 0 Å². The van der Waals surface area contributed by atoms with Gasteiger partial charge in [0.25, 0.3) is 0 Å². The molecule has 0 aromatic heterocycles. The fourth-order valence-corrected chi connectivity index (χ4v) is 3.05. The number of hydrogen-bond donors (Lipinski definition) is 0. The van der Waals surface area contributed by atoms with Crippen LogP contribution in [0.2, 0.25) is 0 Å². The molecule has 0 radical (unpaired) electrons. The van der Waals surface area contributed by atoms with E-state index in [1.54, 1.807) is 30.0 Å². The minimum absolute atomic E-state index is 0.0958. The van der Waals surface area contributed by atoms with Crippen molar-refractivity contribution >= 4 is 17.5 Å². The van der Waals surface area contributed by atoms with Crippen molar-refractivity contribution in [1.82, 2.24) is 4.90 Å². The average Bonchev–Trinajstić information content (AvgIpc) is 2.81. The Morgan fingerprint density at radius 1 is 1.50 bits per heavy atom. The summed E-state index contributed by atoms with van der Waals surface area (Å²) in [5.41, 5.74) is 0.839. The first-order chi connectivity index (χ1) is 10.3. The molecule has 1 heterocycles. The van der Waals surface area contributed by atoms with E-state index >= 15 is 0 Å². The van der Waals surface area contributed by atoms with Gasteiger partial charge in [-0.05, 0) is 32.8 Å². The smallest absolute Gasteiger partial charge is 0.237 e. The number of amides is 1. The fraction of sp³-hybridized carbons (Fsp3) is 0.588. The van der Waals surface area contributed by atoms with Crippen LogP contribution in [0, 0.1) is 18.7 Å². The highest BCUT2D eigenvalue weighted by Crippen LogP contribution is 2.32. The number of aryl methyl sites for hydroxylation is 1. The van der Waals surface area contributed by atoms with Gasteiger partial charge in [-0.25, -0.2) is 4.39 Å². The van der Waals surface area contributed by atoms with E-state index in [1.807, 2.05) is 13.8 Å². The molecule has 2 rings (SSSR count). The molecule has 122 valence electrons. The summed E-state index contributed by atoms with van der Waals surface area (Å²) in [7, 11) is 0. The van der Waals surface area contributed by atoms with Crippen molar-refractivity contribution in [2.24, 2.45) is 5.92 Å². The second-order valence-corrected chi connectivity index (χ2v) is 6.66. The third-order valence-electron chi connectivity index (χ3n) is 4.46. The number of hydrogen-bond acceptors (Lipinski definition) is 2. The van der Waals surface area contributed by atoms with Gasteiger partial charge in [-0.3, -0.25) is 4.79 Å². The molecule has 1 saturated heterocycles. The highest BCUT2D eigenvalue weighted by Gasteiger charge is 2.37. The molecule has 0 N–H and O–H groups in total. The lowest BCUT2D eigenvalue weighted by atomic mass is 9.90. The molecule has 22 heavy (non-hydrogen) atoms. The number of nitrogens with zero attached hydrogens (tertiary/aromatic N) is 1. The molecular weight excluding hydrogens is 305 g/mol. The Bertz CT molecular complexity index is 547. The largest absolute Gasteiger partial charge is 0.375 e. The molecule has 1 amide bonds. The van der Waals surface area contributed by atoms with Gasteiger partial charge in [-0.15, -0.1) is 11.6 Å². The Labute approximate surface area is 136 Å². The van der Waals surface area contributed by atoms with E-state index in [2.05, 4.69) is 0 Å². The summed E-state index contributed by atoms with van der Waals surface area (Å²) in [4.78, 5) is 13.8.